The van der Waals surface area contributed by atoms with Crippen LogP contribution in [-0.4, -0.2) is 27.2 Å². The van der Waals surface area contributed by atoms with Crippen molar-refractivity contribution < 1.29 is 9.21 Å². The molecule has 0 saturated heterocycles. The number of aromatic amines is 1. The van der Waals surface area contributed by atoms with Crippen LogP contribution in [0.3, 0.4) is 0 Å². The number of hydrogen-bond acceptors (Lipinski definition) is 6. The van der Waals surface area contributed by atoms with Crippen LogP contribution >= 0.6 is 23.1 Å². The molecule has 2 N–H and O–H groups in total. The Morgan fingerprint density at radius 2 is 2.27 bits per heavy atom. The second-order valence-corrected chi connectivity index (χ2v) is 9.01. The third-order valence-electron chi connectivity index (χ3n) is 4.34. The largest absolute Gasteiger partial charge is 0.464 e. The van der Waals surface area contributed by atoms with Crippen molar-refractivity contribution in [3.05, 3.63) is 40.0 Å². The monoisotopic (exact) mass is 389 g/mol. The van der Waals surface area contributed by atoms with Crippen LogP contribution in [0.5, 0.6) is 0 Å². The third-order valence-corrected chi connectivity index (χ3v) is 6.46. The lowest BCUT2D eigenvalue weighted by atomic mass is 10.2. The third kappa shape index (κ3) is 3.43. The number of carbonyl (C=O) groups is 1. The fourth-order valence-corrected chi connectivity index (χ4v) is 4.73. The van der Waals surface area contributed by atoms with Crippen LogP contribution in [0, 0.1) is 0 Å². The van der Waals surface area contributed by atoms with E-state index in [0.29, 0.717) is 27.8 Å². The topological polar surface area (TPSA) is 88.0 Å². The zero-order valence-corrected chi connectivity index (χ0v) is 16.1. The maximum atomic E-state index is 12.6. The van der Waals surface area contributed by atoms with Crippen LogP contribution in [-0.2, 0) is 4.79 Å². The lowest BCUT2D eigenvalue weighted by molar-refractivity contribution is -0.120. The minimum absolute atomic E-state index is 0.0454. The van der Waals surface area contributed by atoms with E-state index in [9.17, 15) is 9.59 Å². The van der Waals surface area contributed by atoms with E-state index in [2.05, 4.69) is 15.3 Å². The number of carbonyl (C=O) groups excluding carboxylic acids is 1. The molecule has 4 rings (SSSR count). The Bertz CT molecular complexity index is 989. The molecule has 1 amide bonds. The summed E-state index contributed by atoms with van der Waals surface area (Å²) in [6, 6.07) is 3.97. The van der Waals surface area contributed by atoms with Gasteiger partial charge in [0.15, 0.2) is 0 Å². The number of thiophene rings is 1. The van der Waals surface area contributed by atoms with Crippen molar-refractivity contribution >= 4 is 39.2 Å². The Hall–Kier alpha value is -2.06. The quantitative estimate of drug-likeness (QED) is 0.671. The number of amides is 1. The first kappa shape index (κ1) is 17.4. The van der Waals surface area contributed by atoms with Gasteiger partial charge in [0.25, 0.3) is 5.56 Å². The average molecular weight is 390 g/mol. The van der Waals surface area contributed by atoms with E-state index in [1.807, 2.05) is 25.3 Å². The first-order valence-corrected chi connectivity index (χ1v) is 10.4. The van der Waals surface area contributed by atoms with Crippen molar-refractivity contribution in [1.29, 1.82) is 0 Å². The summed E-state index contributed by atoms with van der Waals surface area (Å²) in [5, 5.41) is 5.15. The molecule has 3 heterocycles. The SMILES string of the molecule is C[C@H](S[C@H](C)c1nc2scc(-c3ccco3)c2c(=O)[nH]1)C(=O)NC1CC1. The second-order valence-electron chi connectivity index (χ2n) is 6.46. The average Bonchev–Trinajstić information content (AvgIpc) is 3.10. The Morgan fingerprint density at radius 1 is 1.46 bits per heavy atom. The number of furan rings is 1. The van der Waals surface area contributed by atoms with E-state index in [0.717, 1.165) is 18.4 Å². The molecule has 26 heavy (non-hydrogen) atoms. The van der Waals surface area contributed by atoms with Gasteiger partial charge in [-0.2, -0.15) is 0 Å². The van der Waals surface area contributed by atoms with Gasteiger partial charge in [-0.1, -0.05) is 0 Å². The highest BCUT2D eigenvalue weighted by Gasteiger charge is 2.27. The molecule has 1 fully saturated rings. The van der Waals surface area contributed by atoms with Crippen molar-refractivity contribution in [2.24, 2.45) is 0 Å². The van der Waals surface area contributed by atoms with Crippen molar-refractivity contribution in [1.82, 2.24) is 15.3 Å². The van der Waals surface area contributed by atoms with Crippen LogP contribution in [0.15, 0.2) is 33.0 Å². The van der Waals surface area contributed by atoms with Gasteiger partial charge in [0.1, 0.15) is 16.4 Å². The molecular weight excluding hydrogens is 370 g/mol. The molecule has 136 valence electrons. The molecule has 3 aromatic heterocycles. The summed E-state index contributed by atoms with van der Waals surface area (Å²) >= 11 is 2.91. The van der Waals surface area contributed by atoms with Gasteiger partial charge in [-0.15, -0.1) is 23.1 Å². The van der Waals surface area contributed by atoms with Crippen LogP contribution in [0.4, 0.5) is 0 Å². The molecule has 0 radical (unpaired) electrons. The molecular formula is C18H19N3O3S2. The van der Waals surface area contributed by atoms with Crippen molar-refractivity contribution in [3.8, 4) is 11.3 Å². The minimum Gasteiger partial charge on any atom is -0.464 e. The fraction of sp³-hybridized carbons (Fsp3) is 0.389. The van der Waals surface area contributed by atoms with Crippen molar-refractivity contribution in [3.63, 3.8) is 0 Å². The highest BCUT2D eigenvalue weighted by molar-refractivity contribution is 8.00. The maximum absolute atomic E-state index is 12.6. The number of hydrogen-bond donors (Lipinski definition) is 2. The van der Waals surface area contributed by atoms with Gasteiger partial charge in [0, 0.05) is 17.0 Å². The van der Waals surface area contributed by atoms with Gasteiger partial charge < -0.3 is 14.7 Å². The zero-order valence-electron chi connectivity index (χ0n) is 14.4. The predicted molar refractivity (Wildman–Crippen MR) is 105 cm³/mol. The Balaban J connectivity index is 1.57. The number of nitrogens with one attached hydrogen (secondary N) is 2. The Morgan fingerprint density at radius 3 is 2.96 bits per heavy atom. The summed E-state index contributed by atoms with van der Waals surface area (Å²) in [5.74, 6) is 1.29. The lowest BCUT2D eigenvalue weighted by Gasteiger charge is -2.16. The van der Waals surface area contributed by atoms with E-state index in [1.165, 1.54) is 23.1 Å². The zero-order chi connectivity index (χ0) is 18.3. The Kier molecular flexibility index (Phi) is 4.62. The molecule has 6 nitrogen and oxygen atoms in total. The van der Waals surface area contributed by atoms with E-state index >= 15 is 0 Å². The highest BCUT2D eigenvalue weighted by Crippen LogP contribution is 2.34. The summed E-state index contributed by atoms with van der Waals surface area (Å²) in [6.45, 7) is 3.84. The number of nitrogens with zero attached hydrogens (tertiary/aromatic N) is 1. The second kappa shape index (κ2) is 6.92. The number of H-pyrrole nitrogens is 1. The van der Waals surface area contributed by atoms with E-state index in [-0.39, 0.29) is 22.0 Å². The van der Waals surface area contributed by atoms with Gasteiger partial charge in [-0.25, -0.2) is 4.98 Å². The van der Waals surface area contributed by atoms with Crippen LogP contribution < -0.4 is 10.9 Å². The normalized spacial score (nSPS) is 16.5. The van der Waals surface area contributed by atoms with Gasteiger partial charge in [-0.05, 0) is 38.8 Å². The van der Waals surface area contributed by atoms with Gasteiger partial charge >= 0.3 is 0 Å². The number of rotatable bonds is 6. The molecule has 0 aliphatic heterocycles. The lowest BCUT2D eigenvalue weighted by Crippen LogP contribution is -2.33. The summed E-state index contributed by atoms with van der Waals surface area (Å²) in [7, 11) is 0. The number of aromatic nitrogens is 2. The molecule has 1 aliphatic rings. The van der Waals surface area contributed by atoms with Crippen molar-refractivity contribution in [2.75, 3.05) is 0 Å². The van der Waals surface area contributed by atoms with Crippen molar-refractivity contribution in [2.45, 2.75) is 43.2 Å². The molecule has 1 saturated carbocycles. The molecule has 0 spiro atoms. The highest BCUT2D eigenvalue weighted by atomic mass is 32.2. The molecule has 1 aliphatic carbocycles. The molecule has 0 unspecified atom stereocenters. The first-order chi connectivity index (χ1) is 12.5. The number of thioether (sulfide) groups is 1. The van der Waals surface area contributed by atoms with E-state index in [1.54, 1.807) is 12.3 Å². The molecule has 2 atom stereocenters. The molecule has 0 aromatic carbocycles. The van der Waals surface area contributed by atoms with Crippen LogP contribution in [0.2, 0.25) is 0 Å². The number of fused-ring (bicyclic) bond motifs is 1. The first-order valence-electron chi connectivity index (χ1n) is 8.54. The van der Waals surface area contributed by atoms with Crippen LogP contribution in [0.25, 0.3) is 21.5 Å². The van der Waals surface area contributed by atoms with Gasteiger partial charge in [-0.3, -0.25) is 9.59 Å². The maximum Gasteiger partial charge on any atom is 0.260 e. The Labute approximate surface area is 158 Å². The minimum atomic E-state index is -0.200. The molecule has 8 heteroatoms. The summed E-state index contributed by atoms with van der Waals surface area (Å²) in [5.41, 5.74) is 0.577. The molecule has 0 bridgehead atoms. The van der Waals surface area contributed by atoms with Gasteiger partial charge in [0.2, 0.25) is 5.91 Å². The molecule has 3 aromatic rings. The standard InChI is InChI=1S/C18H19N3O3S2/c1-9(26-10(2)16(22)19-11-5-6-11)15-20-17(23)14-12(8-25-18(14)21-15)13-4-3-7-24-13/h3-4,7-11H,5-6H2,1-2H3,(H,19,22)(H,20,21,23)/t9-,10+/m1/s1. The predicted octanol–water partition coefficient (Wildman–Crippen LogP) is 3.71. The van der Waals surface area contributed by atoms with Gasteiger partial charge in [0.05, 0.1) is 22.1 Å². The fourth-order valence-electron chi connectivity index (χ4n) is 2.75. The summed E-state index contributed by atoms with van der Waals surface area (Å²) < 4.78 is 5.41. The van der Waals surface area contributed by atoms with E-state index in [4.69, 9.17) is 4.42 Å². The summed E-state index contributed by atoms with van der Waals surface area (Å²) in [4.78, 5) is 33.0. The smallest absolute Gasteiger partial charge is 0.260 e. The summed E-state index contributed by atoms with van der Waals surface area (Å²) in [6.07, 6.45) is 3.73. The van der Waals surface area contributed by atoms with E-state index < -0.39 is 0 Å². The van der Waals surface area contributed by atoms with Crippen LogP contribution in [0.1, 0.15) is 37.8 Å².